The van der Waals surface area contributed by atoms with Crippen LogP contribution >= 0.6 is 0 Å². The number of fused-ring (bicyclic) bond motifs is 2. The van der Waals surface area contributed by atoms with Gasteiger partial charge in [0.05, 0.1) is 38.8 Å². The molecule has 0 unspecified atom stereocenters. The molecule has 3 fully saturated rings. The van der Waals surface area contributed by atoms with Gasteiger partial charge in [0.1, 0.15) is 11.6 Å². The Labute approximate surface area is 295 Å². The second-order valence-electron chi connectivity index (χ2n) is 14.9. The molecule has 0 aromatic heterocycles. The highest BCUT2D eigenvalue weighted by atomic mass is 32.3. The molecule has 0 spiro atoms. The number of carbonyl (C=O) groups is 3. The maximum absolute atomic E-state index is 12.6. The largest absolute Gasteiger partial charge is 0.444 e. The fourth-order valence-corrected chi connectivity index (χ4v) is 7.13. The van der Waals surface area contributed by atoms with Gasteiger partial charge in [-0.05, 0) is 72.1 Å². The normalized spacial score (nSPS) is 21.3. The molecular formula is C34H66N5O9S+. The van der Waals surface area contributed by atoms with Gasteiger partial charge in [0.15, 0.2) is 0 Å². The van der Waals surface area contributed by atoms with E-state index in [1.54, 1.807) is 25.7 Å². The van der Waals surface area contributed by atoms with Gasteiger partial charge in [0, 0.05) is 25.6 Å². The first kappa shape index (κ1) is 43.0. The SMILES string of the molecule is CC(C)(C)OC(=O)N1CCC[C@@H](CONC(=O)[C@@H]2CC[C@@H]3CN2C(=O)N3OS(=O)(=O)O)C1.CCCC[N+](CCCC)(CCCC)CCCC. The number of hydrogen-bond donors (Lipinski definition) is 2. The van der Waals surface area contributed by atoms with E-state index in [1.165, 1.54) is 86.9 Å². The van der Waals surface area contributed by atoms with Crippen LogP contribution in [0.15, 0.2) is 0 Å². The third-order valence-corrected chi connectivity index (χ3v) is 9.76. The third-order valence-electron chi connectivity index (χ3n) is 9.41. The molecule has 2 N–H and O–H groups in total. The molecule has 14 nitrogen and oxygen atoms in total. The fourth-order valence-electron chi connectivity index (χ4n) is 6.74. The fraction of sp³-hybridized carbons (Fsp3) is 0.912. The lowest BCUT2D eigenvalue weighted by Crippen LogP contribution is -2.50. The Morgan fingerprint density at radius 2 is 1.45 bits per heavy atom. The van der Waals surface area contributed by atoms with Crippen LogP contribution in [0.2, 0.25) is 0 Å². The molecule has 0 aromatic carbocycles. The Morgan fingerprint density at radius 3 is 1.94 bits per heavy atom. The van der Waals surface area contributed by atoms with Crippen LogP contribution < -0.4 is 5.48 Å². The van der Waals surface area contributed by atoms with Crippen LogP contribution in [-0.4, -0.2) is 120 Å². The van der Waals surface area contributed by atoms with Crippen molar-refractivity contribution in [2.24, 2.45) is 5.92 Å². The predicted octanol–water partition coefficient (Wildman–Crippen LogP) is 5.69. The Balaban J connectivity index is 0.000000417. The standard InChI is InChI=1S/C18H30N4O9S.C16H36N/c1-18(2,3)30-17(25)20-8-4-5-12(9-20)11-29-19-15(23)14-7-6-13-10-21(14)16(24)22(13)31-32(26,27)28;1-5-9-13-17(14-10-6-2,15-11-7-3)16-12-8-4/h12-14H,4-11H2,1-3H3,(H,19,23)(H,26,27,28);5-16H2,1-4H3/q;+1/t12-,13-,14+;/m1./s1. The van der Waals surface area contributed by atoms with Crippen molar-refractivity contribution in [3.63, 3.8) is 0 Å². The predicted molar refractivity (Wildman–Crippen MR) is 187 cm³/mol. The molecule has 49 heavy (non-hydrogen) atoms. The molecule has 3 heterocycles. The van der Waals surface area contributed by atoms with Crippen LogP contribution in [0.25, 0.3) is 0 Å². The summed E-state index contributed by atoms with van der Waals surface area (Å²) in [6.45, 7) is 21.8. The van der Waals surface area contributed by atoms with Gasteiger partial charge in [-0.15, -0.1) is 4.28 Å². The smallest absolute Gasteiger partial charge is 0.418 e. The first-order valence-corrected chi connectivity index (χ1v) is 20.0. The highest BCUT2D eigenvalue weighted by molar-refractivity contribution is 7.80. The zero-order valence-electron chi connectivity index (χ0n) is 31.3. The maximum Gasteiger partial charge on any atom is 0.418 e. The van der Waals surface area contributed by atoms with E-state index in [2.05, 4.69) is 37.5 Å². The molecule has 15 heteroatoms. The molecule has 0 aliphatic carbocycles. The summed E-state index contributed by atoms with van der Waals surface area (Å²) in [7, 11) is -4.85. The van der Waals surface area contributed by atoms with Gasteiger partial charge >= 0.3 is 22.5 Å². The Bertz CT molecular complexity index is 1100. The summed E-state index contributed by atoms with van der Waals surface area (Å²) in [4.78, 5) is 45.4. The van der Waals surface area contributed by atoms with E-state index in [0.29, 0.717) is 24.6 Å². The van der Waals surface area contributed by atoms with Gasteiger partial charge in [-0.25, -0.2) is 15.1 Å². The number of likely N-dealkylation sites (tertiary alicyclic amines) is 1. The molecular weight excluding hydrogens is 654 g/mol. The van der Waals surface area contributed by atoms with Gasteiger partial charge in [-0.1, -0.05) is 53.4 Å². The van der Waals surface area contributed by atoms with Gasteiger partial charge < -0.3 is 19.0 Å². The summed E-state index contributed by atoms with van der Waals surface area (Å²) in [6, 6.07) is -2.24. The van der Waals surface area contributed by atoms with Crippen LogP contribution in [-0.2, 0) is 29.1 Å². The number of unbranched alkanes of at least 4 members (excludes halogenated alkanes) is 4. The van der Waals surface area contributed by atoms with Crippen molar-refractivity contribution in [1.82, 2.24) is 20.3 Å². The summed E-state index contributed by atoms with van der Waals surface area (Å²) in [5.74, 6) is -0.523. The van der Waals surface area contributed by atoms with Gasteiger partial charge in [-0.2, -0.15) is 13.5 Å². The van der Waals surface area contributed by atoms with Crippen molar-refractivity contribution in [2.75, 3.05) is 52.4 Å². The van der Waals surface area contributed by atoms with E-state index in [-0.39, 0.29) is 31.6 Å². The lowest BCUT2D eigenvalue weighted by Gasteiger charge is -2.39. The minimum absolute atomic E-state index is 0.0133. The van der Waals surface area contributed by atoms with Crippen molar-refractivity contribution in [3.8, 4) is 0 Å². The average molecular weight is 721 g/mol. The van der Waals surface area contributed by atoms with Crippen LogP contribution in [0.1, 0.15) is 126 Å². The molecule has 3 aliphatic rings. The van der Waals surface area contributed by atoms with E-state index in [1.807, 2.05) is 0 Å². The van der Waals surface area contributed by atoms with E-state index >= 15 is 0 Å². The number of urea groups is 1. The minimum atomic E-state index is -4.85. The molecule has 0 radical (unpaired) electrons. The number of hydrogen-bond acceptors (Lipinski definition) is 8. The maximum atomic E-state index is 12.6. The molecule has 3 rings (SSSR count). The number of hydroxylamine groups is 3. The lowest BCUT2D eigenvalue weighted by molar-refractivity contribution is -0.929. The van der Waals surface area contributed by atoms with Crippen molar-refractivity contribution in [3.05, 3.63) is 0 Å². The van der Waals surface area contributed by atoms with E-state index in [4.69, 9.17) is 14.1 Å². The monoisotopic (exact) mass is 720 g/mol. The number of carbonyl (C=O) groups excluding carboxylic acids is 3. The molecule has 3 saturated heterocycles. The molecule has 2 bridgehead atoms. The zero-order chi connectivity index (χ0) is 36.7. The van der Waals surface area contributed by atoms with Gasteiger partial charge in [0.25, 0.3) is 5.91 Å². The number of nitrogens with one attached hydrogen (secondary N) is 1. The molecule has 4 amide bonds. The zero-order valence-corrected chi connectivity index (χ0v) is 32.1. The number of amides is 4. The highest BCUT2D eigenvalue weighted by Gasteiger charge is 2.49. The van der Waals surface area contributed by atoms with Crippen molar-refractivity contribution < 1.29 is 45.7 Å². The topological polar surface area (TPSA) is 155 Å². The Morgan fingerprint density at radius 1 is 0.898 bits per heavy atom. The molecule has 286 valence electrons. The lowest BCUT2D eigenvalue weighted by atomic mass is 9.99. The van der Waals surface area contributed by atoms with E-state index < -0.39 is 40.0 Å². The van der Waals surface area contributed by atoms with Crippen molar-refractivity contribution >= 4 is 28.4 Å². The van der Waals surface area contributed by atoms with E-state index in [0.717, 1.165) is 12.8 Å². The first-order chi connectivity index (χ1) is 23.1. The van der Waals surface area contributed by atoms with E-state index in [9.17, 15) is 22.8 Å². The van der Waals surface area contributed by atoms with Crippen LogP contribution in [0, 0.1) is 5.92 Å². The second-order valence-corrected chi connectivity index (χ2v) is 15.9. The Hall–Kier alpha value is -2.20. The van der Waals surface area contributed by atoms with Gasteiger partial charge in [0.2, 0.25) is 0 Å². The van der Waals surface area contributed by atoms with Crippen molar-refractivity contribution in [1.29, 1.82) is 0 Å². The average Bonchev–Trinajstić information content (AvgIpc) is 3.27. The summed E-state index contributed by atoms with van der Waals surface area (Å²) < 4.78 is 41.9. The molecule has 0 aromatic rings. The summed E-state index contributed by atoms with van der Waals surface area (Å²) >= 11 is 0. The van der Waals surface area contributed by atoms with Crippen LogP contribution in [0.3, 0.4) is 0 Å². The number of piperidine rings is 2. The second kappa shape index (κ2) is 20.6. The number of ether oxygens (including phenoxy) is 1. The molecule has 3 atom stereocenters. The summed E-state index contributed by atoms with van der Waals surface area (Å²) in [6.07, 6.45) is 12.9. The van der Waals surface area contributed by atoms with Crippen LogP contribution in [0.4, 0.5) is 9.59 Å². The molecule has 3 aliphatic heterocycles. The van der Waals surface area contributed by atoms with Crippen LogP contribution in [0.5, 0.6) is 0 Å². The number of quaternary nitrogens is 1. The third kappa shape index (κ3) is 14.9. The van der Waals surface area contributed by atoms with Crippen molar-refractivity contribution in [2.45, 2.75) is 143 Å². The number of nitrogens with zero attached hydrogens (tertiary/aromatic N) is 4. The number of rotatable bonds is 18. The van der Waals surface area contributed by atoms with Gasteiger partial charge in [-0.3, -0.25) is 14.2 Å². The minimum Gasteiger partial charge on any atom is -0.444 e. The summed E-state index contributed by atoms with van der Waals surface area (Å²) in [5.41, 5.74) is 1.77. The first-order valence-electron chi connectivity index (χ1n) is 18.6. The quantitative estimate of drug-likeness (QED) is 0.103. The highest BCUT2D eigenvalue weighted by Crippen LogP contribution is 2.31. The Kier molecular flexibility index (Phi) is 18.1. The molecule has 0 saturated carbocycles. The summed E-state index contributed by atoms with van der Waals surface area (Å²) in [5, 5.41) is 0.580.